The zero-order valence-corrected chi connectivity index (χ0v) is 18.2. The molecule has 3 rings (SSSR count). The van der Waals surface area contributed by atoms with Gasteiger partial charge in [-0.15, -0.1) is 0 Å². The fourth-order valence-electron chi connectivity index (χ4n) is 4.03. The molecule has 1 aromatic carbocycles. The highest BCUT2D eigenvalue weighted by molar-refractivity contribution is 6.69. The number of β-lactam (4-membered cyclic amide) rings is 1. The number of carboxylic acids is 1. The van der Waals surface area contributed by atoms with Crippen LogP contribution in [0.4, 0.5) is 4.79 Å². The van der Waals surface area contributed by atoms with Gasteiger partial charge in [0.2, 0.25) is 5.91 Å². The van der Waals surface area contributed by atoms with E-state index >= 15 is 0 Å². The molecule has 8 nitrogen and oxygen atoms in total. The van der Waals surface area contributed by atoms with E-state index in [1.165, 1.54) is 11.9 Å². The van der Waals surface area contributed by atoms with Gasteiger partial charge in [0.1, 0.15) is 11.4 Å². The van der Waals surface area contributed by atoms with Crippen molar-refractivity contribution in [2.75, 3.05) is 7.05 Å². The molecule has 156 valence electrons. The van der Waals surface area contributed by atoms with E-state index in [0.29, 0.717) is 23.3 Å². The van der Waals surface area contributed by atoms with E-state index in [2.05, 4.69) is 25.0 Å². The van der Waals surface area contributed by atoms with Crippen LogP contribution >= 0.6 is 0 Å². The Bertz CT molecular complexity index is 874. The van der Waals surface area contributed by atoms with Gasteiger partial charge in [0, 0.05) is 7.05 Å². The first-order chi connectivity index (χ1) is 13.5. The fraction of sp³-hybridized carbons (Fsp3) is 0.450. The Kier molecular flexibility index (Phi) is 5.55. The molecular weight excluding hydrogens is 392 g/mol. The van der Waals surface area contributed by atoms with Crippen LogP contribution in [0, 0.1) is 5.92 Å². The molecule has 0 saturated carbocycles. The van der Waals surface area contributed by atoms with Gasteiger partial charge in [-0.2, -0.15) is 0 Å². The van der Waals surface area contributed by atoms with E-state index in [1.54, 1.807) is 24.3 Å². The summed E-state index contributed by atoms with van der Waals surface area (Å²) in [6.07, 6.45) is -0.390. The second-order valence-electron chi connectivity index (χ2n) is 8.24. The number of fused-ring (bicyclic) bond motifs is 1. The third kappa shape index (κ3) is 4.06. The number of aliphatic carboxylic acids is 1. The summed E-state index contributed by atoms with van der Waals surface area (Å²) in [6, 6.07) is 6.39. The maximum absolute atomic E-state index is 12.8. The molecule has 2 aliphatic heterocycles. The number of carbonyl (C=O) groups excluding carboxylic acids is 2. The first-order valence-electron chi connectivity index (χ1n) is 9.51. The highest BCUT2D eigenvalue weighted by Crippen LogP contribution is 2.47. The number of benzene rings is 1. The SMILES string of the molecule is CNC(=O)Oc1ccc(C2=C(C(=O)O)N3C(=O)[C@H]([C@@H](C)O[Si](C)(C)C)[C@H]3C2)cc1. The lowest BCUT2D eigenvalue weighted by Crippen LogP contribution is -2.63. The van der Waals surface area contributed by atoms with Crippen molar-refractivity contribution in [1.82, 2.24) is 10.2 Å². The summed E-state index contributed by atoms with van der Waals surface area (Å²) < 4.78 is 11.2. The highest BCUT2D eigenvalue weighted by Gasteiger charge is 2.57. The van der Waals surface area contributed by atoms with Gasteiger partial charge in [-0.05, 0) is 56.3 Å². The Morgan fingerprint density at radius 1 is 1.24 bits per heavy atom. The number of hydrogen-bond acceptors (Lipinski definition) is 5. The van der Waals surface area contributed by atoms with Gasteiger partial charge < -0.3 is 24.5 Å². The quantitative estimate of drug-likeness (QED) is 0.544. The molecule has 2 aliphatic rings. The molecule has 3 atom stereocenters. The van der Waals surface area contributed by atoms with Crippen LogP contribution < -0.4 is 10.1 Å². The molecule has 0 spiro atoms. The van der Waals surface area contributed by atoms with Crippen molar-refractivity contribution in [1.29, 1.82) is 0 Å². The average molecular weight is 419 g/mol. The fourth-order valence-corrected chi connectivity index (χ4v) is 5.29. The van der Waals surface area contributed by atoms with Crippen LogP contribution in [0.2, 0.25) is 19.6 Å². The molecule has 1 fully saturated rings. The predicted molar refractivity (Wildman–Crippen MR) is 109 cm³/mol. The first kappa shape index (κ1) is 21.1. The van der Waals surface area contributed by atoms with Crippen LogP contribution in [-0.2, 0) is 14.0 Å². The van der Waals surface area contributed by atoms with E-state index in [4.69, 9.17) is 9.16 Å². The van der Waals surface area contributed by atoms with Gasteiger partial charge in [-0.1, -0.05) is 12.1 Å². The average Bonchev–Trinajstić information content (AvgIpc) is 2.96. The van der Waals surface area contributed by atoms with Crippen LogP contribution in [0.5, 0.6) is 5.75 Å². The van der Waals surface area contributed by atoms with Gasteiger partial charge in [-0.25, -0.2) is 9.59 Å². The van der Waals surface area contributed by atoms with Crippen LogP contribution in [0.25, 0.3) is 5.57 Å². The lowest BCUT2D eigenvalue weighted by atomic mass is 9.82. The summed E-state index contributed by atoms with van der Waals surface area (Å²) in [5.41, 5.74) is 1.31. The molecule has 0 unspecified atom stereocenters. The number of carbonyl (C=O) groups is 3. The van der Waals surface area contributed by atoms with Crippen molar-refractivity contribution >= 4 is 31.9 Å². The molecule has 29 heavy (non-hydrogen) atoms. The van der Waals surface area contributed by atoms with Crippen molar-refractivity contribution in [3.63, 3.8) is 0 Å². The third-order valence-electron chi connectivity index (χ3n) is 5.07. The van der Waals surface area contributed by atoms with E-state index in [1.807, 2.05) is 6.92 Å². The summed E-state index contributed by atoms with van der Waals surface area (Å²) in [6.45, 7) is 8.08. The maximum Gasteiger partial charge on any atom is 0.412 e. The number of amides is 2. The number of ether oxygens (including phenoxy) is 1. The number of nitrogens with one attached hydrogen (secondary N) is 1. The smallest absolute Gasteiger partial charge is 0.412 e. The zero-order chi connectivity index (χ0) is 21.5. The number of carboxylic acid groups (broad SMARTS) is 1. The molecule has 2 N–H and O–H groups in total. The van der Waals surface area contributed by atoms with Crippen LogP contribution in [-0.4, -0.2) is 55.5 Å². The third-order valence-corrected chi connectivity index (χ3v) is 6.15. The molecule has 0 aliphatic carbocycles. The van der Waals surface area contributed by atoms with Gasteiger partial charge in [0.15, 0.2) is 8.32 Å². The summed E-state index contributed by atoms with van der Waals surface area (Å²) in [5, 5.41) is 12.1. The van der Waals surface area contributed by atoms with Crippen molar-refractivity contribution in [3.8, 4) is 5.75 Å². The van der Waals surface area contributed by atoms with E-state index < -0.39 is 20.4 Å². The van der Waals surface area contributed by atoms with Crippen LogP contribution in [0.15, 0.2) is 30.0 Å². The van der Waals surface area contributed by atoms with E-state index in [-0.39, 0.29) is 29.7 Å². The van der Waals surface area contributed by atoms with Gasteiger partial charge in [-0.3, -0.25) is 4.79 Å². The largest absolute Gasteiger partial charge is 0.477 e. The molecule has 1 aromatic rings. The summed E-state index contributed by atoms with van der Waals surface area (Å²) in [7, 11) is -0.367. The van der Waals surface area contributed by atoms with Gasteiger partial charge in [0.05, 0.1) is 18.1 Å². The van der Waals surface area contributed by atoms with Gasteiger partial charge >= 0.3 is 12.1 Å². The Balaban J connectivity index is 1.84. The molecule has 2 amide bonds. The summed E-state index contributed by atoms with van der Waals surface area (Å²) in [4.78, 5) is 37.4. The van der Waals surface area contributed by atoms with Crippen LogP contribution in [0.1, 0.15) is 18.9 Å². The van der Waals surface area contributed by atoms with E-state index in [9.17, 15) is 19.5 Å². The molecule has 1 saturated heterocycles. The molecule has 0 bridgehead atoms. The minimum absolute atomic E-state index is 0.0245. The monoisotopic (exact) mass is 418 g/mol. The molecular formula is C20H26N2O6Si. The standard InChI is InChI=1S/C20H26N2O6Si/c1-11(28-29(3,4)5)16-15-10-14(17(19(24)25)22(15)18(16)23)12-6-8-13(9-7-12)27-20(26)21-2/h6-9,11,15-16H,10H2,1-5H3,(H,21,26)(H,24,25)/t11-,15-,16-/m1/s1. The minimum Gasteiger partial charge on any atom is -0.477 e. The number of hydrogen-bond donors (Lipinski definition) is 2. The lowest BCUT2D eigenvalue weighted by Gasteiger charge is -2.47. The zero-order valence-electron chi connectivity index (χ0n) is 17.2. The molecule has 0 aromatic heterocycles. The van der Waals surface area contributed by atoms with Gasteiger partial charge in [0.25, 0.3) is 0 Å². The topological polar surface area (TPSA) is 105 Å². The Morgan fingerprint density at radius 3 is 2.38 bits per heavy atom. The molecule has 0 radical (unpaired) electrons. The Morgan fingerprint density at radius 2 is 1.86 bits per heavy atom. The van der Waals surface area contributed by atoms with Crippen molar-refractivity contribution in [2.24, 2.45) is 5.92 Å². The van der Waals surface area contributed by atoms with Crippen molar-refractivity contribution < 1.29 is 28.7 Å². The lowest BCUT2D eigenvalue weighted by molar-refractivity contribution is -0.160. The second kappa shape index (κ2) is 7.64. The molecule has 2 heterocycles. The molecule has 9 heteroatoms. The normalized spacial score (nSPS) is 22.1. The summed E-state index contributed by atoms with van der Waals surface area (Å²) >= 11 is 0. The van der Waals surface area contributed by atoms with Crippen LogP contribution in [0.3, 0.4) is 0 Å². The number of nitrogens with zero attached hydrogens (tertiary/aromatic N) is 1. The Labute approximate surface area is 170 Å². The van der Waals surface area contributed by atoms with Crippen molar-refractivity contribution in [2.45, 2.75) is 45.1 Å². The predicted octanol–water partition coefficient (Wildman–Crippen LogP) is 2.67. The first-order valence-corrected chi connectivity index (χ1v) is 12.9. The maximum atomic E-state index is 12.8. The summed E-state index contributed by atoms with van der Waals surface area (Å²) in [5.74, 6) is -1.33. The number of rotatable bonds is 6. The second-order valence-corrected chi connectivity index (χ2v) is 12.7. The highest BCUT2D eigenvalue weighted by atomic mass is 28.4. The van der Waals surface area contributed by atoms with E-state index in [0.717, 1.165) is 0 Å². The Hall–Kier alpha value is -2.65. The van der Waals surface area contributed by atoms with Crippen molar-refractivity contribution in [3.05, 3.63) is 35.5 Å². The minimum atomic E-state index is -1.83.